The Bertz CT molecular complexity index is 639. The highest BCUT2D eigenvalue weighted by atomic mass is 35.5. The highest BCUT2D eigenvalue weighted by Crippen LogP contribution is 2.31. The summed E-state index contributed by atoms with van der Waals surface area (Å²) < 4.78 is 14.2. The predicted octanol–water partition coefficient (Wildman–Crippen LogP) is 2.72. The number of benzene rings is 1. The van der Waals surface area contributed by atoms with Crippen molar-refractivity contribution >= 4 is 39.7 Å². The van der Waals surface area contributed by atoms with Crippen molar-refractivity contribution in [2.45, 2.75) is 6.92 Å². The number of aryl methyl sites for hydroxylation is 1. The van der Waals surface area contributed by atoms with Crippen molar-refractivity contribution < 1.29 is 9.18 Å². The van der Waals surface area contributed by atoms with Crippen molar-refractivity contribution in [3.05, 3.63) is 34.5 Å². The molecule has 1 aromatic heterocycles. The molecule has 6 heteroatoms. The van der Waals surface area contributed by atoms with Crippen LogP contribution < -0.4 is 10.6 Å². The van der Waals surface area contributed by atoms with E-state index in [0.717, 1.165) is 28.7 Å². The average molecular weight is 315 g/mol. The van der Waals surface area contributed by atoms with Crippen LogP contribution in [0.2, 0.25) is 0 Å². The standard InChI is InChI=1S/C14H15FN2OS.ClH/c1-8-11-4-10(15)2-3-12(11)19-13(8)14(18)17-7-9-5-16-6-9;/h2-4,9,16H,5-7H2,1H3,(H,17,18);1H. The molecule has 108 valence electrons. The molecule has 1 aromatic carbocycles. The number of carbonyl (C=O) groups is 1. The van der Waals surface area contributed by atoms with Gasteiger partial charge >= 0.3 is 0 Å². The molecule has 2 aromatic rings. The van der Waals surface area contributed by atoms with Gasteiger partial charge in [0.25, 0.3) is 5.91 Å². The van der Waals surface area contributed by atoms with E-state index in [9.17, 15) is 9.18 Å². The van der Waals surface area contributed by atoms with Gasteiger partial charge in [0.1, 0.15) is 5.82 Å². The monoisotopic (exact) mass is 314 g/mol. The summed E-state index contributed by atoms with van der Waals surface area (Å²) in [5.74, 6) is 0.225. The van der Waals surface area contributed by atoms with E-state index < -0.39 is 0 Å². The molecule has 1 fully saturated rings. The first-order chi connectivity index (χ1) is 9.15. The number of hydrogen-bond donors (Lipinski definition) is 2. The molecular weight excluding hydrogens is 299 g/mol. The molecule has 0 saturated carbocycles. The van der Waals surface area contributed by atoms with Crippen molar-refractivity contribution in [2.75, 3.05) is 19.6 Å². The minimum absolute atomic E-state index is 0. The average Bonchev–Trinajstić information content (AvgIpc) is 2.65. The topological polar surface area (TPSA) is 41.1 Å². The maximum absolute atomic E-state index is 13.2. The second-order valence-corrected chi connectivity index (χ2v) is 5.98. The summed E-state index contributed by atoms with van der Waals surface area (Å²) in [6.07, 6.45) is 0. The molecule has 20 heavy (non-hydrogen) atoms. The smallest absolute Gasteiger partial charge is 0.261 e. The first-order valence-electron chi connectivity index (χ1n) is 6.32. The van der Waals surface area contributed by atoms with Gasteiger partial charge in [-0.25, -0.2) is 4.39 Å². The van der Waals surface area contributed by atoms with Crippen LogP contribution in [-0.4, -0.2) is 25.5 Å². The maximum atomic E-state index is 13.2. The Morgan fingerprint density at radius 2 is 2.25 bits per heavy atom. The minimum Gasteiger partial charge on any atom is -0.351 e. The van der Waals surface area contributed by atoms with E-state index in [1.54, 1.807) is 6.07 Å². The highest BCUT2D eigenvalue weighted by Gasteiger charge is 2.20. The molecule has 0 spiro atoms. The van der Waals surface area contributed by atoms with E-state index in [1.807, 2.05) is 6.92 Å². The van der Waals surface area contributed by atoms with Crippen molar-refractivity contribution in [2.24, 2.45) is 5.92 Å². The summed E-state index contributed by atoms with van der Waals surface area (Å²) in [6.45, 7) is 4.51. The second-order valence-electron chi connectivity index (χ2n) is 4.93. The van der Waals surface area contributed by atoms with Gasteiger partial charge < -0.3 is 10.6 Å². The van der Waals surface area contributed by atoms with Gasteiger partial charge in [-0.1, -0.05) is 0 Å². The SMILES string of the molecule is Cc1c(C(=O)NCC2CNC2)sc2ccc(F)cc12.Cl. The molecule has 0 unspecified atom stereocenters. The zero-order valence-electron chi connectivity index (χ0n) is 11.0. The van der Waals surface area contributed by atoms with Gasteiger partial charge in [-0.05, 0) is 36.1 Å². The summed E-state index contributed by atoms with van der Waals surface area (Å²) in [7, 11) is 0. The molecule has 2 N–H and O–H groups in total. The molecule has 0 bridgehead atoms. The molecule has 1 aliphatic heterocycles. The Hall–Kier alpha value is -1.17. The van der Waals surface area contributed by atoms with E-state index in [-0.39, 0.29) is 24.1 Å². The molecule has 0 atom stereocenters. The van der Waals surface area contributed by atoms with Crippen molar-refractivity contribution in [3.8, 4) is 0 Å². The Balaban J connectivity index is 0.00000147. The lowest BCUT2D eigenvalue weighted by molar-refractivity contribution is 0.0946. The van der Waals surface area contributed by atoms with Crippen LogP contribution in [0, 0.1) is 18.7 Å². The molecule has 2 heterocycles. The lowest BCUT2D eigenvalue weighted by Gasteiger charge is -2.26. The zero-order valence-corrected chi connectivity index (χ0v) is 12.7. The number of hydrogen-bond acceptors (Lipinski definition) is 3. The Labute approximate surface area is 127 Å². The summed E-state index contributed by atoms with van der Waals surface area (Å²) in [5.41, 5.74) is 0.865. The largest absolute Gasteiger partial charge is 0.351 e. The molecule has 3 nitrogen and oxygen atoms in total. The van der Waals surface area contributed by atoms with E-state index in [4.69, 9.17) is 0 Å². The Morgan fingerprint density at radius 1 is 1.50 bits per heavy atom. The van der Waals surface area contributed by atoms with Gasteiger partial charge in [0.15, 0.2) is 0 Å². The first kappa shape index (κ1) is 15.2. The second kappa shape index (κ2) is 6.08. The fourth-order valence-corrected chi connectivity index (χ4v) is 3.33. The highest BCUT2D eigenvalue weighted by molar-refractivity contribution is 7.21. The van der Waals surface area contributed by atoms with Crippen LogP contribution in [0.3, 0.4) is 0 Å². The van der Waals surface area contributed by atoms with Crippen LogP contribution in [-0.2, 0) is 0 Å². The van der Waals surface area contributed by atoms with E-state index >= 15 is 0 Å². The molecule has 0 aliphatic carbocycles. The minimum atomic E-state index is -0.263. The van der Waals surface area contributed by atoms with Crippen LogP contribution >= 0.6 is 23.7 Å². The molecule has 1 amide bonds. The first-order valence-corrected chi connectivity index (χ1v) is 7.14. The third-order valence-corrected chi connectivity index (χ3v) is 4.79. The molecule has 1 aliphatic rings. The number of nitrogens with one attached hydrogen (secondary N) is 2. The van der Waals surface area contributed by atoms with Crippen molar-refractivity contribution in [3.63, 3.8) is 0 Å². The summed E-state index contributed by atoms with van der Waals surface area (Å²) in [6, 6.07) is 4.66. The third-order valence-electron chi connectivity index (χ3n) is 3.52. The summed E-state index contributed by atoms with van der Waals surface area (Å²) in [5, 5.41) is 6.96. The van der Waals surface area contributed by atoms with Crippen molar-refractivity contribution in [1.82, 2.24) is 10.6 Å². The van der Waals surface area contributed by atoms with E-state index in [1.165, 1.54) is 23.5 Å². The molecular formula is C14H16ClFN2OS. The summed E-state index contributed by atoms with van der Waals surface area (Å²) >= 11 is 1.42. The van der Waals surface area contributed by atoms with Gasteiger partial charge in [-0.3, -0.25) is 4.79 Å². The third kappa shape index (κ3) is 2.80. The van der Waals surface area contributed by atoms with Gasteiger partial charge in [-0.2, -0.15) is 0 Å². The van der Waals surface area contributed by atoms with Gasteiger partial charge in [0.05, 0.1) is 4.88 Å². The number of rotatable bonds is 3. The zero-order chi connectivity index (χ0) is 13.4. The van der Waals surface area contributed by atoms with Gasteiger partial charge in [0.2, 0.25) is 0 Å². The van der Waals surface area contributed by atoms with Gasteiger partial charge in [-0.15, -0.1) is 23.7 Å². The lowest BCUT2D eigenvalue weighted by atomic mass is 10.0. The number of amides is 1. The van der Waals surface area contributed by atoms with Crippen LogP contribution in [0.5, 0.6) is 0 Å². The lowest BCUT2D eigenvalue weighted by Crippen LogP contribution is -2.48. The normalized spacial score (nSPS) is 14.7. The van der Waals surface area contributed by atoms with Crippen molar-refractivity contribution in [1.29, 1.82) is 0 Å². The Morgan fingerprint density at radius 3 is 2.90 bits per heavy atom. The number of fused-ring (bicyclic) bond motifs is 1. The molecule has 0 radical (unpaired) electrons. The number of thiophene rings is 1. The van der Waals surface area contributed by atoms with Crippen LogP contribution in [0.15, 0.2) is 18.2 Å². The predicted molar refractivity (Wildman–Crippen MR) is 82.5 cm³/mol. The molecule has 3 rings (SSSR count). The summed E-state index contributed by atoms with van der Waals surface area (Å²) in [4.78, 5) is 12.8. The fourth-order valence-electron chi connectivity index (χ4n) is 2.22. The van der Waals surface area contributed by atoms with E-state index in [0.29, 0.717) is 17.3 Å². The number of halogens is 2. The van der Waals surface area contributed by atoms with Crippen LogP contribution in [0.25, 0.3) is 10.1 Å². The fraction of sp³-hybridized carbons (Fsp3) is 0.357. The molecule has 1 saturated heterocycles. The Kier molecular flexibility index (Phi) is 4.62. The van der Waals surface area contributed by atoms with Gasteiger partial charge in [0, 0.05) is 30.3 Å². The van der Waals surface area contributed by atoms with Crippen LogP contribution in [0.4, 0.5) is 4.39 Å². The quantitative estimate of drug-likeness (QED) is 0.914. The van der Waals surface area contributed by atoms with E-state index in [2.05, 4.69) is 10.6 Å². The number of carbonyl (C=O) groups excluding carboxylic acids is 1. The maximum Gasteiger partial charge on any atom is 0.261 e. The van der Waals surface area contributed by atoms with Crippen LogP contribution in [0.1, 0.15) is 15.2 Å².